The van der Waals surface area contributed by atoms with E-state index in [2.05, 4.69) is 16.8 Å². The molecule has 1 fully saturated rings. The minimum atomic E-state index is 0.352. The van der Waals surface area contributed by atoms with Crippen molar-refractivity contribution in [3.05, 3.63) is 29.6 Å². The number of nitrogens with zero attached hydrogens (tertiary/aromatic N) is 2. The molecule has 0 aromatic carbocycles. The average molecular weight is 293 g/mol. The van der Waals surface area contributed by atoms with Gasteiger partial charge in [-0.3, -0.25) is 9.88 Å². The first-order valence-electron chi connectivity index (χ1n) is 7.09. The van der Waals surface area contributed by atoms with Crippen LogP contribution in [0.2, 0.25) is 0 Å². The fraction of sp³-hybridized carbons (Fsp3) is 0.600. The van der Waals surface area contributed by atoms with Gasteiger partial charge in [0.1, 0.15) is 4.99 Å². The zero-order chi connectivity index (χ0) is 14.5. The van der Waals surface area contributed by atoms with Crippen LogP contribution in [0.5, 0.6) is 0 Å². The average Bonchev–Trinajstić information content (AvgIpc) is 3.27. The van der Waals surface area contributed by atoms with E-state index in [4.69, 9.17) is 22.7 Å². The van der Waals surface area contributed by atoms with Crippen molar-refractivity contribution >= 4 is 17.2 Å². The van der Waals surface area contributed by atoms with Crippen molar-refractivity contribution in [2.24, 2.45) is 11.7 Å². The highest BCUT2D eigenvalue weighted by Gasteiger charge is 2.31. The molecule has 1 atom stereocenters. The molecule has 1 aliphatic rings. The predicted molar refractivity (Wildman–Crippen MR) is 84.6 cm³/mol. The first kappa shape index (κ1) is 15.4. The molecule has 2 rings (SSSR count). The number of thiocarbonyl (C=S) groups is 1. The highest BCUT2D eigenvalue weighted by Crippen LogP contribution is 2.35. The van der Waals surface area contributed by atoms with Crippen molar-refractivity contribution in [3.8, 4) is 0 Å². The van der Waals surface area contributed by atoms with Crippen LogP contribution in [0.3, 0.4) is 0 Å². The van der Waals surface area contributed by atoms with E-state index < -0.39 is 0 Å². The summed E-state index contributed by atoms with van der Waals surface area (Å²) in [6.07, 6.45) is 4.47. The van der Waals surface area contributed by atoms with E-state index in [1.165, 1.54) is 18.4 Å². The zero-order valence-electron chi connectivity index (χ0n) is 12.2. The molecule has 1 unspecified atom stereocenters. The third kappa shape index (κ3) is 4.23. The van der Waals surface area contributed by atoms with E-state index in [-0.39, 0.29) is 0 Å². The van der Waals surface area contributed by atoms with Crippen LogP contribution < -0.4 is 5.73 Å². The molecule has 110 valence electrons. The SMILES string of the molecule is COCCN(Cc1ccnc(C(N)=S)c1)C(C)C1CC1. The zero-order valence-corrected chi connectivity index (χ0v) is 13.0. The predicted octanol–water partition coefficient (Wildman–Crippen LogP) is 1.96. The Balaban J connectivity index is 2.05. The molecule has 20 heavy (non-hydrogen) atoms. The smallest absolute Gasteiger partial charge is 0.122 e. The summed E-state index contributed by atoms with van der Waals surface area (Å²) in [5.74, 6) is 0.837. The lowest BCUT2D eigenvalue weighted by Gasteiger charge is -2.29. The van der Waals surface area contributed by atoms with Crippen LogP contribution in [0.25, 0.3) is 0 Å². The number of rotatable bonds is 8. The maximum Gasteiger partial charge on any atom is 0.122 e. The number of pyridine rings is 1. The van der Waals surface area contributed by atoms with E-state index in [1.807, 2.05) is 12.1 Å². The Morgan fingerprint density at radius 1 is 1.60 bits per heavy atom. The third-order valence-electron chi connectivity index (χ3n) is 3.93. The Kier molecular flexibility index (Phi) is 5.46. The van der Waals surface area contributed by atoms with Gasteiger partial charge in [0.25, 0.3) is 0 Å². The molecule has 0 radical (unpaired) electrons. The summed E-state index contributed by atoms with van der Waals surface area (Å²) < 4.78 is 5.23. The summed E-state index contributed by atoms with van der Waals surface area (Å²) in [7, 11) is 1.75. The van der Waals surface area contributed by atoms with Crippen LogP contribution in [-0.4, -0.2) is 41.2 Å². The molecule has 0 bridgehead atoms. The van der Waals surface area contributed by atoms with Crippen LogP contribution in [0.15, 0.2) is 18.3 Å². The van der Waals surface area contributed by atoms with Gasteiger partial charge in [-0.05, 0) is 43.4 Å². The lowest BCUT2D eigenvalue weighted by Crippen LogP contribution is -2.36. The first-order valence-corrected chi connectivity index (χ1v) is 7.50. The fourth-order valence-electron chi connectivity index (χ4n) is 2.45. The number of nitrogens with two attached hydrogens (primary N) is 1. The topological polar surface area (TPSA) is 51.4 Å². The van der Waals surface area contributed by atoms with Crippen molar-refractivity contribution in [3.63, 3.8) is 0 Å². The standard InChI is InChI=1S/C15H23N3OS/c1-11(13-3-4-13)18(7-8-19-2)10-12-5-6-17-14(9-12)15(16)20/h5-6,9,11,13H,3-4,7-8,10H2,1-2H3,(H2,16,20). The van der Waals surface area contributed by atoms with Crippen molar-refractivity contribution in [1.29, 1.82) is 0 Å². The van der Waals surface area contributed by atoms with E-state index >= 15 is 0 Å². The summed E-state index contributed by atoms with van der Waals surface area (Å²) in [5.41, 5.74) is 7.54. The molecule has 0 aliphatic heterocycles. The monoisotopic (exact) mass is 293 g/mol. The Hall–Kier alpha value is -1.04. The molecular formula is C15H23N3OS. The van der Waals surface area contributed by atoms with Crippen molar-refractivity contribution in [2.75, 3.05) is 20.3 Å². The second kappa shape index (κ2) is 7.11. The van der Waals surface area contributed by atoms with Gasteiger partial charge in [-0.1, -0.05) is 12.2 Å². The number of aromatic nitrogens is 1. The van der Waals surface area contributed by atoms with Gasteiger partial charge in [0.2, 0.25) is 0 Å². The Bertz CT molecular complexity index is 462. The van der Waals surface area contributed by atoms with Gasteiger partial charge in [-0.2, -0.15) is 0 Å². The molecule has 1 aromatic rings. The molecule has 2 N–H and O–H groups in total. The lowest BCUT2D eigenvalue weighted by molar-refractivity contribution is 0.111. The minimum Gasteiger partial charge on any atom is -0.388 e. The van der Waals surface area contributed by atoms with Gasteiger partial charge < -0.3 is 10.5 Å². The highest BCUT2D eigenvalue weighted by molar-refractivity contribution is 7.80. The third-order valence-corrected chi connectivity index (χ3v) is 4.13. The van der Waals surface area contributed by atoms with Crippen molar-refractivity contribution < 1.29 is 4.74 Å². The first-order chi connectivity index (χ1) is 9.61. The molecule has 1 aliphatic carbocycles. The summed E-state index contributed by atoms with van der Waals surface area (Å²) in [5, 5.41) is 0. The van der Waals surface area contributed by atoms with Gasteiger partial charge in [0, 0.05) is 32.4 Å². The molecule has 4 nitrogen and oxygen atoms in total. The maximum atomic E-state index is 5.65. The van der Waals surface area contributed by atoms with Crippen LogP contribution in [0.1, 0.15) is 31.0 Å². The van der Waals surface area contributed by atoms with Gasteiger partial charge in [-0.15, -0.1) is 0 Å². The molecule has 1 heterocycles. The van der Waals surface area contributed by atoms with Crippen LogP contribution >= 0.6 is 12.2 Å². The van der Waals surface area contributed by atoms with Crippen LogP contribution in [0.4, 0.5) is 0 Å². The lowest BCUT2D eigenvalue weighted by atomic mass is 10.1. The van der Waals surface area contributed by atoms with Crippen molar-refractivity contribution in [2.45, 2.75) is 32.4 Å². The second-order valence-electron chi connectivity index (χ2n) is 5.45. The van der Waals surface area contributed by atoms with Gasteiger partial charge in [0.05, 0.1) is 12.3 Å². The van der Waals surface area contributed by atoms with Crippen molar-refractivity contribution in [1.82, 2.24) is 9.88 Å². The van der Waals surface area contributed by atoms with Crippen LogP contribution in [0, 0.1) is 5.92 Å². The molecule has 5 heteroatoms. The fourth-order valence-corrected chi connectivity index (χ4v) is 2.57. The quantitative estimate of drug-likeness (QED) is 0.743. The van der Waals surface area contributed by atoms with Gasteiger partial charge in [-0.25, -0.2) is 0 Å². The van der Waals surface area contributed by atoms with Crippen LogP contribution in [-0.2, 0) is 11.3 Å². The number of hydrogen-bond donors (Lipinski definition) is 1. The van der Waals surface area contributed by atoms with E-state index in [0.29, 0.717) is 16.7 Å². The summed E-state index contributed by atoms with van der Waals surface area (Å²) in [4.78, 5) is 7.02. The van der Waals surface area contributed by atoms with Gasteiger partial charge >= 0.3 is 0 Å². The maximum absolute atomic E-state index is 5.65. The molecule has 0 saturated heterocycles. The minimum absolute atomic E-state index is 0.352. The molecule has 1 saturated carbocycles. The normalized spacial score (nSPS) is 16.4. The molecule has 0 spiro atoms. The molecule has 0 amide bonds. The molecule has 1 aromatic heterocycles. The Morgan fingerprint density at radius 3 is 2.95 bits per heavy atom. The largest absolute Gasteiger partial charge is 0.388 e. The number of methoxy groups -OCH3 is 1. The number of hydrogen-bond acceptors (Lipinski definition) is 4. The Morgan fingerprint density at radius 2 is 2.35 bits per heavy atom. The highest BCUT2D eigenvalue weighted by atomic mass is 32.1. The summed E-state index contributed by atoms with van der Waals surface area (Å²) >= 11 is 4.99. The second-order valence-corrected chi connectivity index (χ2v) is 5.89. The van der Waals surface area contributed by atoms with E-state index in [9.17, 15) is 0 Å². The summed E-state index contributed by atoms with van der Waals surface area (Å²) in [6, 6.07) is 4.61. The van der Waals surface area contributed by atoms with Gasteiger partial charge in [0.15, 0.2) is 0 Å². The molecular weight excluding hydrogens is 270 g/mol. The summed E-state index contributed by atoms with van der Waals surface area (Å²) in [6.45, 7) is 4.89. The Labute approximate surface area is 126 Å². The van der Waals surface area contributed by atoms with E-state index in [0.717, 1.165) is 25.6 Å². The number of ether oxygens (including phenoxy) is 1. The van der Waals surface area contributed by atoms with E-state index in [1.54, 1.807) is 13.3 Å².